The van der Waals surface area contributed by atoms with Crippen molar-refractivity contribution in [1.82, 2.24) is 14.9 Å². The Labute approximate surface area is 182 Å². The summed E-state index contributed by atoms with van der Waals surface area (Å²) in [6.07, 6.45) is 0.751. The monoisotopic (exact) mass is 457 g/mol. The molecule has 9 heteroatoms. The first-order valence-electron chi connectivity index (χ1n) is 9.16. The first kappa shape index (κ1) is 23.6. The van der Waals surface area contributed by atoms with E-state index in [4.69, 9.17) is 23.2 Å². The van der Waals surface area contributed by atoms with Crippen LogP contribution >= 0.6 is 23.2 Å². The van der Waals surface area contributed by atoms with Crippen molar-refractivity contribution < 1.29 is 13.2 Å². The fraction of sp³-hybridized carbons (Fsp3) is 0.350. The number of halogens is 2. The fourth-order valence-electron chi connectivity index (χ4n) is 2.69. The summed E-state index contributed by atoms with van der Waals surface area (Å²) in [6, 6.07) is 13.2. The molecule has 6 nitrogen and oxygen atoms in total. The Morgan fingerprint density at radius 1 is 1.10 bits per heavy atom. The van der Waals surface area contributed by atoms with Crippen molar-refractivity contribution in [3.63, 3.8) is 0 Å². The predicted octanol–water partition coefficient (Wildman–Crippen LogP) is 3.30. The average molecular weight is 458 g/mol. The second-order valence-corrected chi connectivity index (χ2v) is 9.32. The summed E-state index contributed by atoms with van der Waals surface area (Å²) in [5, 5.41) is 3.15. The molecule has 1 amide bonds. The van der Waals surface area contributed by atoms with Crippen LogP contribution < -0.4 is 10.0 Å². The predicted molar refractivity (Wildman–Crippen MR) is 117 cm³/mol. The van der Waals surface area contributed by atoms with E-state index in [2.05, 4.69) is 27.1 Å². The quantitative estimate of drug-likeness (QED) is 0.536. The van der Waals surface area contributed by atoms with Gasteiger partial charge in [-0.2, -0.15) is 4.72 Å². The molecule has 158 valence electrons. The largest absolute Gasteiger partial charge is 0.355 e. The summed E-state index contributed by atoms with van der Waals surface area (Å²) in [5.74, 6) is -0.389. The molecule has 0 unspecified atom stereocenters. The number of carbonyl (C=O) groups excluding carboxylic acids is 1. The number of rotatable bonds is 10. The minimum Gasteiger partial charge on any atom is -0.355 e. The van der Waals surface area contributed by atoms with E-state index in [0.717, 1.165) is 19.5 Å². The lowest BCUT2D eigenvalue weighted by molar-refractivity contribution is -0.122. The highest BCUT2D eigenvalue weighted by Crippen LogP contribution is 2.24. The Kier molecular flexibility index (Phi) is 8.92. The van der Waals surface area contributed by atoms with Gasteiger partial charge in [0.25, 0.3) is 0 Å². The maximum Gasteiger partial charge on any atom is 0.241 e. The molecule has 0 aliphatic heterocycles. The van der Waals surface area contributed by atoms with Gasteiger partial charge in [-0.05, 0) is 50.7 Å². The van der Waals surface area contributed by atoms with Gasteiger partial charge in [0, 0.05) is 13.1 Å². The van der Waals surface area contributed by atoms with E-state index < -0.39 is 16.1 Å². The molecule has 0 spiro atoms. The van der Waals surface area contributed by atoms with Gasteiger partial charge in [-0.25, -0.2) is 8.42 Å². The van der Waals surface area contributed by atoms with Crippen LogP contribution in [0.2, 0.25) is 10.0 Å². The Bertz CT molecular complexity index is 924. The van der Waals surface area contributed by atoms with Crippen molar-refractivity contribution in [2.45, 2.75) is 30.8 Å². The van der Waals surface area contributed by atoms with Crippen LogP contribution in [0.4, 0.5) is 0 Å². The average Bonchev–Trinajstić information content (AvgIpc) is 2.67. The molecule has 0 aromatic heterocycles. The van der Waals surface area contributed by atoms with E-state index in [1.54, 1.807) is 0 Å². The first-order valence-corrected chi connectivity index (χ1v) is 11.4. The topological polar surface area (TPSA) is 78.5 Å². The lowest BCUT2D eigenvalue weighted by atomic mass is 10.2. The van der Waals surface area contributed by atoms with E-state index in [0.29, 0.717) is 6.54 Å². The van der Waals surface area contributed by atoms with E-state index in [-0.39, 0.29) is 20.8 Å². The van der Waals surface area contributed by atoms with Crippen LogP contribution in [0.15, 0.2) is 53.4 Å². The van der Waals surface area contributed by atoms with Gasteiger partial charge < -0.3 is 10.2 Å². The number of benzene rings is 2. The molecular formula is C20H25Cl2N3O3S. The molecule has 2 aromatic rings. The number of nitrogens with one attached hydrogen (secondary N) is 2. The van der Waals surface area contributed by atoms with Crippen molar-refractivity contribution >= 4 is 39.1 Å². The van der Waals surface area contributed by atoms with E-state index >= 15 is 0 Å². The highest BCUT2D eigenvalue weighted by Gasteiger charge is 2.22. The third-order valence-electron chi connectivity index (χ3n) is 4.24. The van der Waals surface area contributed by atoms with Gasteiger partial charge in [0.2, 0.25) is 15.9 Å². The SMILES string of the molecule is C[C@@H](NS(=O)(=O)c1ccc(Cl)c(Cl)c1)C(=O)NCCCN(C)Cc1ccccc1. The van der Waals surface area contributed by atoms with E-state index in [1.807, 2.05) is 25.2 Å². The van der Waals surface area contributed by atoms with Crippen molar-refractivity contribution in [3.05, 3.63) is 64.1 Å². The van der Waals surface area contributed by atoms with Crippen molar-refractivity contribution in [2.75, 3.05) is 20.1 Å². The van der Waals surface area contributed by atoms with Gasteiger partial charge in [0.15, 0.2) is 0 Å². The number of amides is 1. The molecule has 0 saturated carbocycles. The van der Waals surface area contributed by atoms with Crippen LogP contribution in [-0.4, -0.2) is 45.4 Å². The Morgan fingerprint density at radius 2 is 1.79 bits per heavy atom. The van der Waals surface area contributed by atoms with Crippen molar-refractivity contribution in [1.29, 1.82) is 0 Å². The molecule has 0 bridgehead atoms. The maximum absolute atomic E-state index is 12.4. The normalized spacial score (nSPS) is 12.7. The summed E-state index contributed by atoms with van der Waals surface area (Å²) in [7, 11) is -1.87. The van der Waals surface area contributed by atoms with Crippen LogP contribution in [0.5, 0.6) is 0 Å². The summed E-state index contributed by atoms with van der Waals surface area (Å²) >= 11 is 11.7. The number of hydrogen-bond acceptors (Lipinski definition) is 4. The highest BCUT2D eigenvalue weighted by molar-refractivity contribution is 7.89. The summed E-state index contributed by atoms with van der Waals surface area (Å²) in [5.41, 5.74) is 1.23. The zero-order chi connectivity index (χ0) is 21.4. The molecule has 29 heavy (non-hydrogen) atoms. The number of sulfonamides is 1. The molecule has 0 saturated heterocycles. The molecule has 0 aliphatic rings. The zero-order valence-corrected chi connectivity index (χ0v) is 18.7. The third kappa shape index (κ3) is 7.60. The molecule has 1 atom stereocenters. The van der Waals surface area contributed by atoms with E-state index in [1.165, 1.54) is 30.7 Å². The van der Waals surface area contributed by atoms with Crippen LogP contribution in [-0.2, 0) is 21.4 Å². The molecule has 2 N–H and O–H groups in total. The van der Waals surface area contributed by atoms with Gasteiger partial charge >= 0.3 is 0 Å². The smallest absolute Gasteiger partial charge is 0.241 e. The van der Waals surface area contributed by atoms with Crippen LogP contribution in [0.3, 0.4) is 0 Å². The van der Waals surface area contributed by atoms with E-state index in [9.17, 15) is 13.2 Å². The standard InChI is InChI=1S/C20H25Cl2N3O3S/c1-15(24-29(27,28)17-9-10-18(21)19(22)13-17)20(26)23-11-6-12-25(2)14-16-7-4-3-5-8-16/h3-5,7-10,13,15,24H,6,11-12,14H2,1-2H3,(H,23,26)/t15-/m1/s1. The molecule has 0 radical (unpaired) electrons. The number of hydrogen-bond donors (Lipinski definition) is 2. The van der Waals surface area contributed by atoms with Gasteiger partial charge in [-0.3, -0.25) is 4.79 Å². The second kappa shape index (κ2) is 10.9. The van der Waals surface area contributed by atoms with Crippen LogP contribution in [0.1, 0.15) is 18.9 Å². The van der Waals surface area contributed by atoms with Gasteiger partial charge in [0.05, 0.1) is 21.0 Å². The Balaban J connectivity index is 1.76. The molecule has 2 aromatic carbocycles. The van der Waals surface area contributed by atoms with Crippen LogP contribution in [0.25, 0.3) is 0 Å². The Hall–Kier alpha value is -1.64. The summed E-state index contributed by atoms with van der Waals surface area (Å²) in [6.45, 7) is 3.58. The Morgan fingerprint density at radius 3 is 2.45 bits per heavy atom. The van der Waals surface area contributed by atoms with Gasteiger partial charge in [0.1, 0.15) is 0 Å². The second-order valence-electron chi connectivity index (χ2n) is 6.79. The summed E-state index contributed by atoms with van der Waals surface area (Å²) in [4.78, 5) is 14.3. The van der Waals surface area contributed by atoms with Gasteiger partial charge in [-0.1, -0.05) is 53.5 Å². The van der Waals surface area contributed by atoms with Gasteiger partial charge in [-0.15, -0.1) is 0 Å². The zero-order valence-electron chi connectivity index (χ0n) is 16.4. The first-order chi connectivity index (χ1) is 13.7. The highest BCUT2D eigenvalue weighted by atomic mass is 35.5. The molecule has 2 rings (SSSR count). The maximum atomic E-state index is 12.4. The summed E-state index contributed by atoms with van der Waals surface area (Å²) < 4.78 is 27.2. The van der Waals surface area contributed by atoms with Crippen molar-refractivity contribution in [3.8, 4) is 0 Å². The minimum atomic E-state index is -3.88. The molecule has 0 heterocycles. The number of nitrogens with zero attached hydrogens (tertiary/aromatic N) is 1. The third-order valence-corrected chi connectivity index (χ3v) is 6.52. The molecule has 0 aliphatic carbocycles. The lowest BCUT2D eigenvalue weighted by Crippen LogP contribution is -2.45. The molecule has 0 fully saturated rings. The molecular weight excluding hydrogens is 433 g/mol. The fourth-order valence-corrected chi connectivity index (χ4v) is 4.28. The minimum absolute atomic E-state index is 0.0471. The van der Waals surface area contributed by atoms with Crippen molar-refractivity contribution in [2.24, 2.45) is 0 Å². The lowest BCUT2D eigenvalue weighted by Gasteiger charge is -2.18. The number of carbonyl (C=O) groups is 1. The van der Waals surface area contributed by atoms with Crippen LogP contribution in [0, 0.1) is 0 Å².